The van der Waals surface area contributed by atoms with Crippen molar-refractivity contribution < 1.29 is 0 Å². The zero-order chi connectivity index (χ0) is 41.7. The van der Waals surface area contributed by atoms with E-state index in [0.717, 1.165) is 0 Å². The van der Waals surface area contributed by atoms with Crippen LogP contribution in [0.4, 0.5) is 0 Å². The summed E-state index contributed by atoms with van der Waals surface area (Å²) >= 11 is 0. The third-order valence-corrected chi connectivity index (χ3v) is 19.4. The molecule has 0 aliphatic carbocycles. The second-order valence-electron chi connectivity index (χ2n) is 17.5. The molecule has 0 saturated heterocycles. The SMILES string of the molecule is c1ccc([Si](c2ccccc2)(c2ccccc2)c2cccc3c4ccccc4n(-c4c5c6cccc7c8ccccc8n(c5cc5c8cccc9c%10ccccc%10n(c45)c98)c76)c23)cc1. The van der Waals surface area contributed by atoms with Crippen molar-refractivity contribution >= 4 is 127 Å². The van der Waals surface area contributed by atoms with E-state index in [1.54, 1.807) is 0 Å². The first-order valence-electron chi connectivity index (χ1n) is 22.3. The average Bonchev–Trinajstić information content (AvgIpc) is 4.16. The van der Waals surface area contributed by atoms with Crippen LogP contribution in [0.1, 0.15) is 0 Å². The van der Waals surface area contributed by atoms with Crippen LogP contribution in [0, 0.1) is 0 Å². The Morgan fingerprint density at radius 2 is 0.672 bits per heavy atom. The Morgan fingerprint density at radius 3 is 1.25 bits per heavy atom. The van der Waals surface area contributed by atoms with Crippen LogP contribution in [0.25, 0.3) is 104 Å². The molecule has 0 spiro atoms. The molecule has 64 heavy (non-hydrogen) atoms. The van der Waals surface area contributed by atoms with Crippen molar-refractivity contribution in [3.8, 4) is 5.69 Å². The maximum absolute atomic E-state index is 3.05. The van der Waals surface area contributed by atoms with E-state index in [4.69, 9.17) is 0 Å². The van der Waals surface area contributed by atoms with E-state index in [-0.39, 0.29) is 0 Å². The number of para-hydroxylation sites is 6. The number of hydrogen-bond acceptors (Lipinski definition) is 0. The van der Waals surface area contributed by atoms with Crippen LogP contribution in [-0.4, -0.2) is 21.4 Å². The summed E-state index contributed by atoms with van der Waals surface area (Å²) in [7, 11) is -3.05. The largest absolute Gasteiger partial charge is 0.308 e. The summed E-state index contributed by atoms with van der Waals surface area (Å²) < 4.78 is 7.89. The highest BCUT2D eigenvalue weighted by Gasteiger charge is 2.44. The predicted octanol–water partition coefficient (Wildman–Crippen LogP) is 12.5. The van der Waals surface area contributed by atoms with Crippen LogP contribution in [-0.2, 0) is 0 Å². The number of fused-ring (bicyclic) bond motifs is 15. The van der Waals surface area contributed by atoms with Gasteiger partial charge in [-0.25, -0.2) is 0 Å². The van der Waals surface area contributed by atoms with Crippen molar-refractivity contribution in [2.24, 2.45) is 0 Å². The van der Waals surface area contributed by atoms with Gasteiger partial charge in [-0.3, -0.25) is 0 Å². The fourth-order valence-corrected chi connectivity index (χ4v) is 17.2. The first kappa shape index (κ1) is 34.4. The summed E-state index contributed by atoms with van der Waals surface area (Å²) in [5, 5.41) is 18.2. The fraction of sp³-hybridized carbons (Fsp3) is 0. The van der Waals surface area contributed by atoms with Crippen LogP contribution in [0.15, 0.2) is 224 Å². The molecule has 0 aliphatic rings. The van der Waals surface area contributed by atoms with Gasteiger partial charge in [0.15, 0.2) is 8.07 Å². The standard InChI is InChI=1S/C60H37N3Si/c1-4-19-38(20-5-1)64(39-21-6-2-7-22-39,40-23-8-3-9-24-40)54-36-18-31-46-43-27-12-15-35-52(43)63(58(46)54)60-55-48-32-17-29-45-41-25-10-13-33-50(41)61(57(45)48)53(55)37-49-47-30-16-28-44-42-26-11-14-34-51(42)62(56(44)47)59(49)60/h1-37H. The minimum Gasteiger partial charge on any atom is -0.308 e. The van der Waals surface area contributed by atoms with Crippen molar-refractivity contribution in [2.75, 3.05) is 0 Å². The molecule has 0 radical (unpaired) electrons. The number of hydrogen-bond donors (Lipinski definition) is 0. The van der Waals surface area contributed by atoms with Crippen molar-refractivity contribution in [1.82, 2.24) is 13.4 Å². The Hall–Kier alpha value is -8.18. The molecule has 15 aromatic rings. The molecule has 296 valence electrons. The highest BCUT2D eigenvalue weighted by Crippen LogP contribution is 2.49. The second-order valence-corrected chi connectivity index (χ2v) is 21.3. The van der Waals surface area contributed by atoms with Crippen LogP contribution in [0.2, 0.25) is 0 Å². The lowest BCUT2D eigenvalue weighted by Crippen LogP contribution is -2.75. The molecule has 4 heteroatoms. The van der Waals surface area contributed by atoms with E-state index >= 15 is 0 Å². The summed E-state index contributed by atoms with van der Waals surface area (Å²) in [6.07, 6.45) is 0. The maximum atomic E-state index is 2.72. The number of aromatic nitrogens is 3. The van der Waals surface area contributed by atoms with Crippen molar-refractivity contribution in [3.05, 3.63) is 224 Å². The summed E-state index contributed by atoms with van der Waals surface area (Å²) in [5.74, 6) is 0. The van der Waals surface area contributed by atoms with Crippen LogP contribution < -0.4 is 20.7 Å². The lowest BCUT2D eigenvalue weighted by atomic mass is 10.0. The molecule has 0 N–H and O–H groups in total. The van der Waals surface area contributed by atoms with Gasteiger partial charge in [-0.2, -0.15) is 0 Å². The normalized spacial score (nSPS) is 12.7. The highest BCUT2D eigenvalue weighted by atomic mass is 28.3. The Labute approximate surface area is 368 Å². The third kappa shape index (κ3) is 4.12. The average molecular weight is 828 g/mol. The van der Waals surface area contributed by atoms with E-state index in [1.807, 2.05) is 0 Å². The minimum absolute atomic E-state index is 1.20. The molecule has 0 atom stereocenters. The molecule has 0 aliphatic heterocycles. The molecule has 0 amide bonds. The van der Waals surface area contributed by atoms with Gasteiger partial charge in [0.05, 0.1) is 49.8 Å². The lowest BCUT2D eigenvalue weighted by Gasteiger charge is -2.35. The Morgan fingerprint density at radius 1 is 0.266 bits per heavy atom. The van der Waals surface area contributed by atoms with Gasteiger partial charge in [0.25, 0.3) is 0 Å². The van der Waals surface area contributed by atoms with Gasteiger partial charge in [0.2, 0.25) is 0 Å². The zero-order valence-electron chi connectivity index (χ0n) is 34.7. The Kier molecular flexibility index (Phi) is 6.71. The molecule has 10 aromatic carbocycles. The van der Waals surface area contributed by atoms with Gasteiger partial charge in [-0.15, -0.1) is 0 Å². The van der Waals surface area contributed by atoms with Crippen molar-refractivity contribution in [2.45, 2.75) is 0 Å². The van der Waals surface area contributed by atoms with Gasteiger partial charge < -0.3 is 13.4 Å². The van der Waals surface area contributed by atoms with Gasteiger partial charge in [-0.1, -0.05) is 200 Å². The number of rotatable bonds is 5. The molecule has 0 saturated carbocycles. The molecule has 5 aromatic heterocycles. The molecule has 0 unspecified atom stereocenters. The zero-order valence-corrected chi connectivity index (χ0v) is 35.7. The molecular formula is C60H37N3Si. The predicted molar refractivity (Wildman–Crippen MR) is 274 cm³/mol. The van der Waals surface area contributed by atoms with E-state index in [1.165, 1.54) is 124 Å². The number of benzene rings is 10. The molecule has 5 heterocycles. The number of nitrogens with zero attached hydrogens (tertiary/aromatic N) is 3. The smallest absolute Gasteiger partial charge is 0.181 e. The summed E-state index contributed by atoms with van der Waals surface area (Å²) in [5.41, 5.74) is 11.2. The lowest BCUT2D eigenvalue weighted by molar-refractivity contribution is 1.20. The van der Waals surface area contributed by atoms with Gasteiger partial charge in [0.1, 0.15) is 0 Å². The Balaban J connectivity index is 1.26. The first-order valence-corrected chi connectivity index (χ1v) is 24.3. The van der Waals surface area contributed by atoms with E-state index in [2.05, 4.69) is 238 Å². The van der Waals surface area contributed by atoms with Crippen molar-refractivity contribution in [3.63, 3.8) is 0 Å². The fourth-order valence-electron chi connectivity index (χ4n) is 12.3. The van der Waals surface area contributed by atoms with Gasteiger partial charge in [-0.05, 0) is 45.0 Å². The topological polar surface area (TPSA) is 13.8 Å². The van der Waals surface area contributed by atoms with E-state index < -0.39 is 8.07 Å². The van der Waals surface area contributed by atoms with Crippen molar-refractivity contribution in [1.29, 1.82) is 0 Å². The van der Waals surface area contributed by atoms with Crippen LogP contribution in [0.3, 0.4) is 0 Å². The van der Waals surface area contributed by atoms with Gasteiger partial charge in [0, 0.05) is 53.9 Å². The quantitative estimate of drug-likeness (QED) is 0.121. The molecule has 15 rings (SSSR count). The van der Waals surface area contributed by atoms with Gasteiger partial charge >= 0.3 is 0 Å². The Bertz CT molecular complexity index is 4250. The van der Waals surface area contributed by atoms with E-state index in [0.29, 0.717) is 0 Å². The van der Waals surface area contributed by atoms with E-state index in [9.17, 15) is 0 Å². The molecular weight excluding hydrogens is 791 g/mol. The monoisotopic (exact) mass is 827 g/mol. The minimum atomic E-state index is -3.05. The summed E-state index contributed by atoms with van der Waals surface area (Å²) in [6, 6.07) is 84.8. The molecule has 0 bridgehead atoms. The third-order valence-electron chi connectivity index (χ3n) is 14.6. The first-order chi connectivity index (χ1) is 31.8. The highest BCUT2D eigenvalue weighted by molar-refractivity contribution is 7.20. The molecule has 3 nitrogen and oxygen atoms in total. The second kappa shape index (κ2) is 12.5. The maximum Gasteiger partial charge on any atom is 0.181 e. The van der Waals surface area contributed by atoms with Crippen LogP contribution in [0.5, 0.6) is 0 Å². The summed E-state index contributed by atoms with van der Waals surface area (Å²) in [6.45, 7) is 0. The summed E-state index contributed by atoms with van der Waals surface area (Å²) in [4.78, 5) is 0. The van der Waals surface area contributed by atoms with Crippen LogP contribution >= 0.6 is 0 Å². The molecule has 0 fully saturated rings.